The van der Waals surface area contributed by atoms with Gasteiger partial charge in [-0.2, -0.15) is 0 Å². The Morgan fingerprint density at radius 1 is 0.929 bits per heavy atom. The molecule has 9 heteroatoms. The van der Waals surface area contributed by atoms with Gasteiger partial charge in [0.2, 0.25) is 0 Å². The molecule has 42 heavy (non-hydrogen) atoms. The van der Waals surface area contributed by atoms with Gasteiger partial charge in [0, 0.05) is 47.0 Å². The highest BCUT2D eigenvalue weighted by Crippen LogP contribution is 2.54. The molecule has 0 atom stereocenters. The number of aliphatic carboxylic acids is 1. The van der Waals surface area contributed by atoms with Crippen LogP contribution < -0.4 is 15.2 Å². The zero-order valence-electron chi connectivity index (χ0n) is 24.2. The number of carbonyl (C=O) groups is 4. The number of nitrogens with zero attached hydrogens (tertiary/aromatic N) is 1. The van der Waals surface area contributed by atoms with Crippen molar-refractivity contribution >= 4 is 40.7 Å². The van der Waals surface area contributed by atoms with E-state index in [0.717, 1.165) is 0 Å². The molecule has 3 aliphatic rings. The van der Waals surface area contributed by atoms with Gasteiger partial charge >= 0.3 is 0 Å². The minimum Gasteiger partial charge on any atom is -0.548 e. The maximum atomic E-state index is 13.8. The first-order valence-electron chi connectivity index (χ1n) is 14.0. The van der Waals surface area contributed by atoms with Crippen LogP contribution in [0.25, 0.3) is 0 Å². The lowest BCUT2D eigenvalue weighted by Crippen LogP contribution is -2.47. The molecule has 2 aromatic rings. The predicted octanol–water partition coefficient (Wildman–Crippen LogP) is 4.79. The molecule has 2 aromatic carbocycles. The zero-order chi connectivity index (χ0) is 30.4. The van der Waals surface area contributed by atoms with E-state index in [2.05, 4.69) is 5.32 Å². The van der Waals surface area contributed by atoms with E-state index in [1.807, 2.05) is 45.9 Å². The molecule has 1 aliphatic heterocycles. The number of ketones is 2. The van der Waals surface area contributed by atoms with Crippen LogP contribution in [0, 0.1) is 10.8 Å². The van der Waals surface area contributed by atoms with Gasteiger partial charge in [0.15, 0.2) is 18.2 Å². The van der Waals surface area contributed by atoms with Crippen LogP contribution in [0.3, 0.4) is 0 Å². The Morgan fingerprint density at radius 3 is 2.02 bits per heavy atom. The van der Waals surface area contributed by atoms with Gasteiger partial charge in [-0.05, 0) is 53.5 Å². The number of amides is 1. The molecule has 8 nitrogen and oxygen atoms in total. The first kappa shape index (κ1) is 29.6. The van der Waals surface area contributed by atoms with Crippen molar-refractivity contribution in [1.82, 2.24) is 4.90 Å². The van der Waals surface area contributed by atoms with Crippen molar-refractivity contribution in [3.63, 3.8) is 0 Å². The summed E-state index contributed by atoms with van der Waals surface area (Å²) >= 11 is 6.65. The first-order valence-corrected chi connectivity index (χ1v) is 14.4. The average molecular weight is 590 g/mol. The molecule has 0 unspecified atom stereocenters. The number of rotatable bonds is 7. The summed E-state index contributed by atoms with van der Waals surface area (Å²) < 4.78 is 5.70. The van der Waals surface area contributed by atoms with Crippen LogP contribution in [0.2, 0.25) is 5.02 Å². The third kappa shape index (κ3) is 6.00. The molecule has 0 saturated carbocycles. The van der Waals surface area contributed by atoms with Crippen LogP contribution in [0.1, 0.15) is 64.9 Å². The highest BCUT2D eigenvalue weighted by Gasteiger charge is 2.49. The molecule has 0 bridgehead atoms. The second-order valence-corrected chi connectivity index (χ2v) is 13.3. The van der Waals surface area contributed by atoms with Gasteiger partial charge in [0.25, 0.3) is 5.91 Å². The SMILES string of the molecule is CC1(C)CC(=O)C2=C(C1)N(CC(=O)[O-])C1=C(C(=O)CC(C)(C)C1)C2c1ccc(OCC(=O)Nc2ccccc2)c(Cl)c1. The van der Waals surface area contributed by atoms with Crippen molar-refractivity contribution in [1.29, 1.82) is 0 Å². The second-order valence-electron chi connectivity index (χ2n) is 12.9. The number of hydrogen-bond donors (Lipinski definition) is 1. The van der Waals surface area contributed by atoms with Crippen LogP contribution in [0.15, 0.2) is 71.1 Å². The summed E-state index contributed by atoms with van der Waals surface area (Å²) in [6.45, 7) is 7.24. The summed E-state index contributed by atoms with van der Waals surface area (Å²) in [5.41, 5.74) is 2.65. The summed E-state index contributed by atoms with van der Waals surface area (Å²) in [6, 6.07) is 14.1. The molecule has 0 radical (unpaired) electrons. The summed E-state index contributed by atoms with van der Waals surface area (Å²) in [5, 5.41) is 14.9. The van der Waals surface area contributed by atoms with E-state index in [9.17, 15) is 24.3 Å². The van der Waals surface area contributed by atoms with E-state index in [1.165, 1.54) is 0 Å². The van der Waals surface area contributed by atoms with Crippen molar-refractivity contribution in [2.75, 3.05) is 18.5 Å². The molecule has 220 valence electrons. The van der Waals surface area contributed by atoms with Gasteiger partial charge in [-0.1, -0.05) is 63.6 Å². The van der Waals surface area contributed by atoms with Crippen molar-refractivity contribution in [3.8, 4) is 5.75 Å². The maximum Gasteiger partial charge on any atom is 0.262 e. The van der Waals surface area contributed by atoms with Gasteiger partial charge in [-0.3, -0.25) is 14.4 Å². The third-order valence-electron chi connectivity index (χ3n) is 8.01. The Morgan fingerprint density at radius 2 is 1.50 bits per heavy atom. The molecule has 5 rings (SSSR count). The Labute approximate surface area is 250 Å². The molecule has 0 fully saturated rings. The van der Waals surface area contributed by atoms with E-state index >= 15 is 0 Å². The molecule has 1 amide bonds. The fraction of sp³-hybridized carbons (Fsp3) is 0.394. The van der Waals surface area contributed by atoms with E-state index < -0.39 is 18.4 Å². The molecule has 0 spiro atoms. The lowest BCUT2D eigenvalue weighted by atomic mass is 9.63. The maximum absolute atomic E-state index is 13.8. The molecule has 0 saturated heterocycles. The van der Waals surface area contributed by atoms with Crippen molar-refractivity contribution in [3.05, 3.63) is 81.7 Å². The number of anilines is 1. The van der Waals surface area contributed by atoms with Crippen LogP contribution in [0.5, 0.6) is 5.75 Å². The number of carboxylic acids is 1. The highest BCUT2D eigenvalue weighted by atomic mass is 35.5. The van der Waals surface area contributed by atoms with Crippen molar-refractivity contribution in [2.45, 2.75) is 59.3 Å². The average Bonchev–Trinajstić information content (AvgIpc) is 2.88. The van der Waals surface area contributed by atoms with Gasteiger partial charge in [0.05, 0.1) is 17.5 Å². The van der Waals surface area contributed by atoms with E-state index in [-0.39, 0.29) is 58.5 Å². The van der Waals surface area contributed by atoms with E-state index in [0.29, 0.717) is 46.6 Å². The summed E-state index contributed by atoms with van der Waals surface area (Å²) in [5.74, 6) is -2.26. The van der Waals surface area contributed by atoms with E-state index in [4.69, 9.17) is 16.3 Å². The van der Waals surface area contributed by atoms with Crippen LogP contribution >= 0.6 is 11.6 Å². The third-order valence-corrected chi connectivity index (χ3v) is 8.31. The number of halogens is 1. The number of para-hydroxylation sites is 1. The van der Waals surface area contributed by atoms with Crippen LogP contribution in [-0.4, -0.2) is 41.5 Å². The zero-order valence-corrected chi connectivity index (χ0v) is 25.0. The smallest absolute Gasteiger partial charge is 0.262 e. The minimum absolute atomic E-state index is 0.118. The Hall–Kier alpha value is -3.91. The van der Waals surface area contributed by atoms with Crippen molar-refractivity contribution in [2.24, 2.45) is 10.8 Å². The van der Waals surface area contributed by atoms with Crippen LogP contribution in [-0.2, 0) is 19.2 Å². The topological polar surface area (TPSA) is 116 Å². The van der Waals surface area contributed by atoms with Gasteiger partial charge < -0.3 is 24.9 Å². The molecular formula is C33H34ClN2O6-. The molecule has 1 heterocycles. The molecule has 1 N–H and O–H groups in total. The van der Waals surface area contributed by atoms with Crippen LogP contribution in [0.4, 0.5) is 5.69 Å². The summed E-state index contributed by atoms with van der Waals surface area (Å²) in [7, 11) is 0. The predicted molar refractivity (Wildman–Crippen MR) is 157 cm³/mol. The number of carbonyl (C=O) groups excluding carboxylic acids is 4. The van der Waals surface area contributed by atoms with E-state index in [1.54, 1.807) is 35.2 Å². The normalized spacial score (nSPS) is 19.8. The molecule has 0 aromatic heterocycles. The van der Waals surface area contributed by atoms with Gasteiger partial charge in [-0.25, -0.2) is 0 Å². The highest BCUT2D eigenvalue weighted by molar-refractivity contribution is 6.32. The minimum atomic E-state index is -1.28. The van der Waals surface area contributed by atoms with Gasteiger partial charge in [0.1, 0.15) is 5.75 Å². The molecule has 2 aliphatic carbocycles. The summed E-state index contributed by atoms with van der Waals surface area (Å²) in [4.78, 5) is 53.5. The Kier molecular flexibility index (Phi) is 7.79. The largest absolute Gasteiger partial charge is 0.548 e. The fourth-order valence-electron chi connectivity index (χ4n) is 6.38. The van der Waals surface area contributed by atoms with Gasteiger partial charge in [-0.15, -0.1) is 0 Å². The first-order chi connectivity index (χ1) is 19.7. The quantitative estimate of drug-likeness (QED) is 0.493. The fourth-order valence-corrected chi connectivity index (χ4v) is 6.62. The number of allylic oxidation sites excluding steroid dienone is 4. The lowest BCUT2D eigenvalue weighted by molar-refractivity contribution is -0.305. The Balaban J connectivity index is 1.53. The Bertz CT molecular complexity index is 1480. The standard InChI is InChI=1S/C33H35ClN2O6/c1-32(2)13-22-30(24(37)15-32)29(31-23(36(22)17-28(40)41)14-33(3,4)16-25(31)38)19-10-11-26(21(34)12-19)42-18-27(39)35-20-8-6-5-7-9-20/h5-12,29H,13-18H2,1-4H3,(H,35,39)(H,40,41)/p-1. The lowest BCUT2D eigenvalue weighted by Gasteiger charge is -2.49. The number of carboxylic acid groups (broad SMARTS) is 1. The number of benzene rings is 2. The number of nitrogens with one attached hydrogen (secondary N) is 1. The number of ether oxygens (including phenoxy) is 1. The van der Waals surface area contributed by atoms with Crippen molar-refractivity contribution < 1.29 is 29.0 Å². The molecular weight excluding hydrogens is 556 g/mol. The second kappa shape index (κ2) is 11.1. The number of hydrogen-bond acceptors (Lipinski definition) is 7. The monoisotopic (exact) mass is 589 g/mol. The number of Topliss-reactive ketones (excluding diaryl/α,β-unsaturated/α-hetero) is 2. The summed E-state index contributed by atoms with van der Waals surface area (Å²) in [6.07, 6.45) is 1.51.